The van der Waals surface area contributed by atoms with E-state index in [1.807, 2.05) is 27.0 Å². The van der Waals surface area contributed by atoms with Crippen LogP contribution in [0.2, 0.25) is 0 Å². The molecule has 1 rings (SSSR count). The maximum Gasteiger partial charge on any atom is 0.0700 e. The second-order valence-corrected chi connectivity index (χ2v) is 2.60. The predicted octanol–water partition coefficient (Wildman–Crippen LogP) is 3.38. The van der Waals surface area contributed by atoms with Gasteiger partial charge in [0.2, 0.25) is 0 Å². The van der Waals surface area contributed by atoms with Gasteiger partial charge in [0.1, 0.15) is 0 Å². The zero-order valence-corrected chi connectivity index (χ0v) is 10.3. The van der Waals surface area contributed by atoms with E-state index in [1.54, 1.807) is 0 Å². The van der Waals surface area contributed by atoms with Crippen LogP contribution in [0.1, 0.15) is 32.4 Å². The van der Waals surface area contributed by atoms with E-state index < -0.39 is 0 Å². The van der Waals surface area contributed by atoms with E-state index in [4.69, 9.17) is 4.91 Å². The number of hydrogen-bond donors (Lipinski definition) is 1. The van der Waals surface area contributed by atoms with Crippen LogP contribution in [-0.2, 0) is 0 Å². The molecule has 3 nitrogen and oxygen atoms in total. The first kappa shape index (κ1) is 16.2. The molecule has 1 aromatic carbocycles. The molecule has 1 aromatic rings. The van der Waals surface area contributed by atoms with Crippen molar-refractivity contribution in [2.24, 2.45) is 5.18 Å². The lowest BCUT2D eigenvalue weighted by molar-refractivity contribution is 0.652. The Morgan fingerprint density at radius 2 is 1.60 bits per heavy atom. The van der Waals surface area contributed by atoms with Crippen molar-refractivity contribution in [2.75, 3.05) is 14.1 Å². The van der Waals surface area contributed by atoms with Gasteiger partial charge in [-0.3, -0.25) is 0 Å². The summed E-state index contributed by atoms with van der Waals surface area (Å²) < 4.78 is 0. The van der Waals surface area contributed by atoms with Crippen LogP contribution in [-0.4, -0.2) is 14.1 Å². The third-order valence-corrected chi connectivity index (χ3v) is 1.73. The summed E-state index contributed by atoms with van der Waals surface area (Å²) in [5, 5.41) is 5.43. The van der Waals surface area contributed by atoms with Crippen molar-refractivity contribution in [3.8, 4) is 0 Å². The number of nitrogens with zero attached hydrogens (tertiary/aromatic N) is 1. The summed E-state index contributed by atoms with van der Waals surface area (Å²) in [5.74, 6) is 0. The molecule has 0 saturated carbocycles. The van der Waals surface area contributed by atoms with Crippen molar-refractivity contribution in [1.82, 2.24) is 5.32 Å². The van der Waals surface area contributed by atoms with E-state index in [2.05, 4.69) is 41.7 Å². The van der Waals surface area contributed by atoms with Gasteiger partial charge in [-0.2, -0.15) is 4.91 Å². The highest BCUT2D eigenvalue weighted by molar-refractivity contribution is 5.17. The van der Waals surface area contributed by atoms with Crippen molar-refractivity contribution in [1.29, 1.82) is 0 Å². The fourth-order valence-electron chi connectivity index (χ4n) is 0.908. The van der Waals surface area contributed by atoms with E-state index in [9.17, 15) is 0 Å². The standard InChI is InChI=1S/C9H13N.C2H6.CH3NO/c1-8(10-2)9-6-4-3-5-7-9;1-2;1-2-3/h3-8,10H,1-2H3;1-2H3;1H3. The quantitative estimate of drug-likeness (QED) is 0.760. The van der Waals surface area contributed by atoms with Gasteiger partial charge in [-0.1, -0.05) is 49.4 Å². The Kier molecular flexibility index (Phi) is 13.8. The molecule has 0 radical (unpaired) electrons. The third-order valence-electron chi connectivity index (χ3n) is 1.73. The van der Waals surface area contributed by atoms with E-state index in [1.165, 1.54) is 12.6 Å². The van der Waals surface area contributed by atoms with Crippen molar-refractivity contribution in [3.05, 3.63) is 40.8 Å². The molecule has 0 amide bonds. The Balaban J connectivity index is 0. The number of hydrogen-bond acceptors (Lipinski definition) is 3. The van der Waals surface area contributed by atoms with Gasteiger partial charge in [0.15, 0.2) is 0 Å². The Morgan fingerprint density at radius 3 is 1.93 bits per heavy atom. The maximum absolute atomic E-state index is 8.56. The van der Waals surface area contributed by atoms with Crippen LogP contribution in [0.5, 0.6) is 0 Å². The Bertz CT molecular complexity index is 224. The Labute approximate surface area is 92.9 Å². The zero-order valence-electron chi connectivity index (χ0n) is 10.3. The topological polar surface area (TPSA) is 41.5 Å². The molecule has 0 fully saturated rings. The van der Waals surface area contributed by atoms with Crippen LogP contribution in [0.3, 0.4) is 0 Å². The summed E-state index contributed by atoms with van der Waals surface area (Å²) in [5.41, 5.74) is 1.34. The fraction of sp³-hybridized carbons (Fsp3) is 0.500. The van der Waals surface area contributed by atoms with Gasteiger partial charge in [-0.05, 0) is 19.5 Å². The minimum atomic E-state index is 0.459. The maximum atomic E-state index is 8.56. The van der Waals surface area contributed by atoms with E-state index in [0.717, 1.165) is 0 Å². The largest absolute Gasteiger partial charge is 0.313 e. The summed E-state index contributed by atoms with van der Waals surface area (Å²) in [6.45, 7) is 6.15. The van der Waals surface area contributed by atoms with Crippen LogP contribution in [0.25, 0.3) is 0 Å². The van der Waals surface area contributed by atoms with Crippen LogP contribution >= 0.6 is 0 Å². The third kappa shape index (κ3) is 9.09. The van der Waals surface area contributed by atoms with Gasteiger partial charge in [0, 0.05) is 6.04 Å². The first-order chi connectivity index (χ1) is 7.26. The average Bonchev–Trinajstić information content (AvgIpc) is 2.33. The first-order valence-corrected chi connectivity index (χ1v) is 5.20. The molecule has 3 heteroatoms. The highest BCUT2D eigenvalue weighted by atomic mass is 16.2. The van der Waals surface area contributed by atoms with Gasteiger partial charge in [0.25, 0.3) is 0 Å². The molecule has 0 bridgehead atoms. The first-order valence-electron chi connectivity index (χ1n) is 5.20. The normalized spacial score (nSPS) is 9.93. The van der Waals surface area contributed by atoms with Gasteiger partial charge in [-0.15, -0.1) is 0 Å². The molecule has 0 saturated heterocycles. The molecular weight excluding hydrogens is 188 g/mol. The zero-order chi connectivity index (χ0) is 12.1. The van der Waals surface area contributed by atoms with Gasteiger partial charge in [-0.25, -0.2) is 0 Å². The fourth-order valence-corrected chi connectivity index (χ4v) is 0.908. The van der Waals surface area contributed by atoms with Crippen molar-refractivity contribution in [3.63, 3.8) is 0 Å². The molecule has 0 aliphatic rings. The summed E-state index contributed by atoms with van der Waals surface area (Å²) in [6, 6.07) is 10.9. The molecule has 0 aliphatic heterocycles. The molecule has 0 heterocycles. The highest BCUT2D eigenvalue weighted by Gasteiger charge is 1.97. The predicted molar refractivity (Wildman–Crippen MR) is 67.0 cm³/mol. The number of benzene rings is 1. The second kappa shape index (κ2) is 12.8. The molecule has 1 N–H and O–H groups in total. The molecule has 1 unspecified atom stereocenters. The lowest BCUT2D eigenvalue weighted by Crippen LogP contribution is -2.11. The molecular formula is C12H22N2O. The molecule has 0 spiro atoms. The molecule has 0 aromatic heterocycles. The Morgan fingerprint density at radius 1 is 1.20 bits per heavy atom. The molecule has 15 heavy (non-hydrogen) atoms. The lowest BCUT2D eigenvalue weighted by Gasteiger charge is -2.08. The monoisotopic (exact) mass is 210 g/mol. The number of nitrogens with one attached hydrogen (secondary N) is 1. The Hall–Kier alpha value is -1.22. The minimum Gasteiger partial charge on any atom is -0.313 e. The second-order valence-electron chi connectivity index (χ2n) is 2.60. The van der Waals surface area contributed by atoms with Crippen molar-refractivity contribution >= 4 is 0 Å². The molecule has 0 aliphatic carbocycles. The van der Waals surface area contributed by atoms with Crippen LogP contribution in [0.15, 0.2) is 35.5 Å². The summed E-state index contributed by atoms with van der Waals surface area (Å²) in [6.07, 6.45) is 0. The minimum absolute atomic E-state index is 0.459. The SMILES string of the molecule is CC.CN=O.CNC(C)c1ccccc1. The number of rotatable bonds is 2. The summed E-state index contributed by atoms with van der Waals surface area (Å²) >= 11 is 0. The van der Waals surface area contributed by atoms with Gasteiger partial charge in [0.05, 0.1) is 7.05 Å². The van der Waals surface area contributed by atoms with Crippen LogP contribution in [0.4, 0.5) is 0 Å². The van der Waals surface area contributed by atoms with Gasteiger partial charge >= 0.3 is 0 Å². The van der Waals surface area contributed by atoms with Crippen LogP contribution < -0.4 is 5.32 Å². The summed E-state index contributed by atoms with van der Waals surface area (Å²) in [4.78, 5) is 8.56. The van der Waals surface area contributed by atoms with E-state index in [-0.39, 0.29) is 0 Å². The van der Waals surface area contributed by atoms with Crippen molar-refractivity contribution in [2.45, 2.75) is 26.8 Å². The molecule has 1 atom stereocenters. The van der Waals surface area contributed by atoms with Crippen LogP contribution in [0, 0.1) is 4.91 Å². The highest BCUT2D eigenvalue weighted by Crippen LogP contribution is 2.09. The number of nitroso groups, excluding NO2 is 1. The van der Waals surface area contributed by atoms with E-state index >= 15 is 0 Å². The van der Waals surface area contributed by atoms with Gasteiger partial charge < -0.3 is 5.32 Å². The smallest absolute Gasteiger partial charge is 0.0700 e. The summed E-state index contributed by atoms with van der Waals surface area (Å²) in [7, 11) is 3.16. The lowest BCUT2D eigenvalue weighted by atomic mass is 10.1. The van der Waals surface area contributed by atoms with E-state index in [0.29, 0.717) is 6.04 Å². The molecule has 86 valence electrons. The average molecular weight is 210 g/mol. The van der Waals surface area contributed by atoms with Crippen molar-refractivity contribution < 1.29 is 0 Å².